The number of hydrogen-bond donors (Lipinski definition) is 1. The summed E-state index contributed by atoms with van der Waals surface area (Å²) in [5.41, 5.74) is 1.34. The number of rotatable bonds is 6. The number of piperidine rings is 1. The van der Waals surface area contributed by atoms with Crippen molar-refractivity contribution in [3.8, 4) is 0 Å². The molecule has 0 aliphatic carbocycles. The lowest BCUT2D eigenvalue weighted by atomic mass is 10.1. The average molecular weight is 390 g/mol. The monoisotopic (exact) mass is 389 g/mol. The topological polar surface area (TPSA) is 92.6 Å². The van der Waals surface area contributed by atoms with Crippen LogP contribution >= 0.6 is 11.6 Å². The number of halogens is 1. The molecule has 0 aromatic heterocycles. The first-order valence-electron chi connectivity index (χ1n) is 8.29. The van der Waals surface area contributed by atoms with Crippen molar-refractivity contribution in [2.75, 3.05) is 24.2 Å². The maximum Gasteiger partial charge on any atom is 0.271 e. The van der Waals surface area contributed by atoms with Crippen LogP contribution in [0.15, 0.2) is 12.1 Å². The molecular weight excluding hydrogens is 366 g/mol. The normalized spacial score (nSPS) is 17.0. The number of sulfonamides is 1. The van der Waals surface area contributed by atoms with Crippen LogP contribution < -0.4 is 5.32 Å². The Bertz CT molecular complexity index is 721. The van der Waals surface area contributed by atoms with Crippen LogP contribution in [0.3, 0.4) is 0 Å². The highest BCUT2D eigenvalue weighted by atomic mass is 35.5. The summed E-state index contributed by atoms with van der Waals surface area (Å²) in [5.74, 6) is 0.265. The van der Waals surface area contributed by atoms with Crippen molar-refractivity contribution in [3.63, 3.8) is 0 Å². The van der Waals surface area contributed by atoms with Gasteiger partial charge in [-0.15, -0.1) is 0 Å². The summed E-state index contributed by atoms with van der Waals surface area (Å²) in [4.78, 5) is 10.4. The third-order valence-corrected chi connectivity index (χ3v) is 6.76. The van der Waals surface area contributed by atoms with Gasteiger partial charge in [-0.1, -0.05) is 25.4 Å². The second-order valence-corrected chi connectivity index (χ2v) is 9.29. The van der Waals surface area contributed by atoms with E-state index >= 15 is 0 Å². The molecule has 0 amide bonds. The van der Waals surface area contributed by atoms with Gasteiger partial charge in [-0.3, -0.25) is 10.1 Å². The van der Waals surface area contributed by atoms with Crippen LogP contribution in [-0.4, -0.2) is 42.5 Å². The van der Waals surface area contributed by atoms with E-state index in [1.54, 1.807) is 11.2 Å². The Labute approximate surface area is 153 Å². The van der Waals surface area contributed by atoms with Crippen molar-refractivity contribution < 1.29 is 13.3 Å². The van der Waals surface area contributed by atoms with Gasteiger partial charge in [0, 0.05) is 31.3 Å². The van der Waals surface area contributed by atoms with E-state index in [4.69, 9.17) is 11.6 Å². The largest absolute Gasteiger partial charge is 0.381 e. The van der Waals surface area contributed by atoms with Crippen molar-refractivity contribution in [1.82, 2.24) is 4.31 Å². The van der Waals surface area contributed by atoms with Crippen LogP contribution in [-0.2, 0) is 10.0 Å². The third-order valence-electron chi connectivity index (χ3n) is 4.22. The van der Waals surface area contributed by atoms with Gasteiger partial charge in [0.15, 0.2) is 0 Å². The fraction of sp³-hybridized carbons (Fsp3) is 0.625. The highest BCUT2D eigenvalue weighted by Crippen LogP contribution is 2.32. The number of anilines is 1. The fourth-order valence-corrected chi connectivity index (χ4v) is 5.16. The smallest absolute Gasteiger partial charge is 0.271 e. The van der Waals surface area contributed by atoms with Gasteiger partial charge in [0.25, 0.3) is 5.69 Å². The molecule has 1 N–H and O–H groups in total. The number of benzene rings is 1. The lowest BCUT2D eigenvalue weighted by Gasteiger charge is -2.33. The van der Waals surface area contributed by atoms with E-state index in [-0.39, 0.29) is 23.4 Å². The molecule has 1 aliphatic rings. The van der Waals surface area contributed by atoms with E-state index in [0.29, 0.717) is 42.2 Å². The molecule has 25 heavy (non-hydrogen) atoms. The molecule has 1 heterocycles. The van der Waals surface area contributed by atoms with Crippen molar-refractivity contribution in [2.45, 2.75) is 39.7 Å². The molecule has 7 nitrogen and oxygen atoms in total. The molecule has 1 fully saturated rings. The maximum absolute atomic E-state index is 12.3. The summed E-state index contributed by atoms with van der Waals surface area (Å²) in [6.45, 7) is 6.49. The molecule has 0 saturated carbocycles. The Kier molecular flexibility index (Phi) is 6.29. The number of nitro benzene ring substituents is 1. The second kappa shape index (κ2) is 7.88. The second-order valence-electron chi connectivity index (χ2n) is 6.87. The summed E-state index contributed by atoms with van der Waals surface area (Å²) in [6, 6.07) is 2.90. The minimum absolute atomic E-state index is 0.0392. The molecule has 0 unspecified atom stereocenters. The average Bonchev–Trinajstić information content (AvgIpc) is 2.49. The standard InChI is InChI=1S/C16H24ClN3O4S/c1-11(2)10-25(23,24)19-6-4-13(5-7-19)18-16-12(3)8-14(20(21)22)9-15(16)17/h8-9,11,13,18H,4-7,10H2,1-3H3. The lowest BCUT2D eigenvalue weighted by molar-refractivity contribution is -0.384. The van der Waals surface area contributed by atoms with Gasteiger partial charge in [0.05, 0.1) is 21.4 Å². The maximum atomic E-state index is 12.3. The molecule has 0 atom stereocenters. The van der Waals surface area contributed by atoms with E-state index in [2.05, 4.69) is 5.32 Å². The summed E-state index contributed by atoms with van der Waals surface area (Å²) in [6.07, 6.45) is 1.34. The van der Waals surface area contributed by atoms with Crippen molar-refractivity contribution in [1.29, 1.82) is 0 Å². The zero-order chi connectivity index (χ0) is 18.8. The Morgan fingerprint density at radius 1 is 1.36 bits per heavy atom. The summed E-state index contributed by atoms with van der Waals surface area (Å²) < 4.78 is 26.1. The summed E-state index contributed by atoms with van der Waals surface area (Å²) in [5, 5.41) is 14.5. The van der Waals surface area contributed by atoms with Crippen LogP contribution in [0, 0.1) is 23.0 Å². The Balaban J connectivity index is 2.02. The number of hydrogen-bond acceptors (Lipinski definition) is 5. The molecule has 1 aromatic rings. The molecule has 0 radical (unpaired) electrons. The van der Waals surface area contributed by atoms with Gasteiger partial charge in [0.1, 0.15) is 0 Å². The van der Waals surface area contributed by atoms with Crippen molar-refractivity contribution in [3.05, 3.63) is 32.8 Å². The third kappa shape index (κ3) is 5.05. The van der Waals surface area contributed by atoms with Crippen molar-refractivity contribution >= 4 is 33.0 Å². The molecule has 1 saturated heterocycles. The van der Waals surface area contributed by atoms with Gasteiger partial charge in [0.2, 0.25) is 10.0 Å². The Hall–Kier alpha value is -1.38. The molecule has 1 aliphatic heterocycles. The molecule has 0 bridgehead atoms. The number of non-ortho nitro benzene ring substituents is 1. The number of aryl methyl sites for hydroxylation is 1. The van der Waals surface area contributed by atoms with Crippen LogP contribution in [0.1, 0.15) is 32.3 Å². The Morgan fingerprint density at radius 3 is 2.44 bits per heavy atom. The Morgan fingerprint density at radius 2 is 1.96 bits per heavy atom. The molecule has 1 aromatic carbocycles. The van der Waals surface area contributed by atoms with Gasteiger partial charge >= 0.3 is 0 Å². The molecule has 2 rings (SSSR count). The van der Waals surface area contributed by atoms with E-state index in [0.717, 1.165) is 0 Å². The number of nitrogens with zero attached hydrogens (tertiary/aromatic N) is 2. The number of nitrogens with one attached hydrogen (secondary N) is 1. The van der Waals surface area contributed by atoms with Crippen LogP contribution in [0.5, 0.6) is 0 Å². The minimum atomic E-state index is -3.21. The van der Waals surface area contributed by atoms with E-state index in [9.17, 15) is 18.5 Å². The number of nitro groups is 1. The molecule has 0 spiro atoms. The van der Waals surface area contributed by atoms with Gasteiger partial charge in [-0.2, -0.15) is 0 Å². The van der Waals surface area contributed by atoms with Gasteiger partial charge in [-0.25, -0.2) is 12.7 Å². The first kappa shape index (κ1) is 19.9. The first-order valence-corrected chi connectivity index (χ1v) is 10.3. The van der Waals surface area contributed by atoms with Crippen LogP contribution in [0.4, 0.5) is 11.4 Å². The molecule has 9 heteroatoms. The minimum Gasteiger partial charge on any atom is -0.381 e. The van der Waals surface area contributed by atoms with Crippen molar-refractivity contribution in [2.24, 2.45) is 5.92 Å². The highest BCUT2D eigenvalue weighted by molar-refractivity contribution is 7.89. The first-order chi connectivity index (χ1) is 11.6. The van der Waals surface area contributed by atoms with E-state index in [1.807, 2.05) is 13.8 Å². The lowest BCUT2D eigenvalue weighted by Crippen LogP contribution is -2.43. The summed E-state index contributed by atoms with van der Waals surface area (Å²) >= 11 is 6.18. The zero-order valence-corrected chi connectivity index (χ0v) is 16.2. The van der Waals surface area contributed by atoms with Crippen LogP contribution in [0.2, 0.25) is 5.02 Å². The van der Waals surface area contributed by atoms with Crippen LogP contribution in [0.25, 0.3) is 0 Å². The SMILES string of the molecule is Cc1cc([N+](=O)[O-])cc(Cl)c1NC1CCN(S(=O)(=O)CC(C)C)CC1. The fourth-order valence-electron chi connectivity index (χ4n) is 3.02. The van der Waals surface area contributed by atoms with Gasteiger partial charge < -0.3 is 5.32 Å². The summed E-state index contributed by atoms with van der Waals surface area (Å²) in [7, 11) is -3.21. The molecular formula is C16H24ClN3O4S. The zero-order valence-electron chi connectivity index (χ0n) is 14.7. The van der Waals surface area contributed by atoms with E-state index < -0.39 is 14.9 Å². The molecule has 140 valence electrons. The van der Waals surface area contributed by atoms with Gasteiger partial charge in [-0.05, 0) is 31.2 Å². The highest BCUT2D eigenvalue weighted by Gasteiger charge is 2.29. The predicted molar refractivity (Wildman–Crippen MR) is 99.7 cm³/mol. The van der Waals surface area contributed by atoms with E-state index in [1.165, 1.54) is 12.1 Å². The predicted octanol–water partition coefficient (Wildman–Crippen LogP) is 3.42. The quantitative estimate of drug-likeness (QED) is 0.594.